The quantitative estimate of drug-likeness (QED) is 0.799. The molecule has 0 saturated carbocycles. The molecule has 1 fully saturated rings. The van der Waals surface area contributed by atoms with Gasteiger partial charge in [-0.25, -0.2) is 0 Å². The molecule has 2 heterocycles. The number of aromatic nitrogens is 1. The number of rotatable bonds is 2. The number of nitrogens with one attached hydrogen (secondary N) is 1. The number of thioether (sulfide) groups is 1. The Balaban J connectivity index is 2.01. The third kappa shape index (κ3) is 2.05. The SMILES string of the molecule is Nc1cccc2c(NC3CCSC3)ccnc12. The molecule has 3 N–H and O–H groups in total. The van der Waals surface area contributed by atoms with E-state index in [2.05, 4.69) is 16.4 Å². The molecular weight excluding hydrogens is 230 g/mol. The van der Waals surface area contributed by atoms with Crippen LogP contribution in [0.5, 0.6) is 0 Å². The first-order valence-corrected chi connectivity index (χ1v) is 6.97. The number of pyridine rings is 1. The Kier molecular flexibility index (Phi) is 2.81. The summed E-state index contributed by atoms with van der Waals surface area (Å²) in [6, 6.07) is 8.55. The molecule has 88 valence electrons. The third-order valence-electron chi connectivity index (χ3n) is 3.09. The standard InChI is InChI=1S/C13H15N3S/c14-11-3-1-2-10-12(4-6-15-13(10)11)16-9-5-7-17-8-9/h1-4,6,9H,5,7-8,14H2,(H,15,16). The number of nitrogens with two attached hydrogens (primary N) is 1. The first kappa shape index (κ1) is 10.7. The molecule has 1 aromatic carbocycles. The lowest BCUT2D eigenvalue weighted by atomic mass is 10.1. The van der Waals surface area contributed by atoms with E-state index in [-0.39, 0.29) is 0 Å². The lowest BCUT2D eigenvalue weighted by Gasteiger charge is -2.15. The molecule has 0 aliphatic carbocycles. The van der Waals surface area contributed by atoms with Gasteiger partial charge in [0.05, 0.1) is 11.2 Å². The van der Waals surface area contributed by atoms with Crippen molar-refractivity contribution in [1.82, 2.24) is 4.98 Å². The van der Waals surface area contributed by atoms with E-state index in [4.69, 9.17) is 5.73 Å². The molecule has 2 aromatic rings. The fourth-order valence-corrected chi connectivity index (χ4v) is 3.35. The fourth-order valence-electron chi connectivity index (χ4n) is 2.19. The molecule has 3 nitrogen and oxygen atoms in total. The van der Waals surface area contributed by atoms with Gasteiger partial charge in [0.2, 0.25) is 0 Å². The highest BCUT2D eigenvalue weighted by atomic mass is 32.2. The van der Waals surface area contributed by atoms with E-state index in [0.29, 0.717) is 6.04 Å². The van der Waals surface area contributed by atoms with Gasteiger partial charge in [0, 0.05) is 29.1 Å². The second-order valence-electron chi connectivity index (χ2n) is 4.31. The number of hydrogen-bond donors (Lipinski definition) is 2. The Bertz CT molecular complexity index is 535. The minimum Gasteiger partial charge on any atom is -0.397 e. The molecule has 1 saturated heterocycles. The second-order valence-corrected chi connectivity index (χ2v) is 5.46. The molecule has 0 spiro atoms. The van der Waals surface area contributed by atoms with Crippen LogP contribution >= 0.6 is 11.8 Å². The van der Waals surface area contributed by atoms with Gasteiger partial charge in [-0.05, 0) is 24.3 Å². The van der Waals surface area contributed by atoms with Crippen molar-refractivity contribution < 1.29 is 0 Å². The number of fused-ring (bicyclic) bond motifs is 1. The average Bonchev–Trinajstić information content (AvgIpc) is 2.83. The summed E-state index contributed by atoms with van der Waals surface area (Å²) >= 11 is 2.01. The lowest BCUT2D eigenvalue weighted by Crippen LogP contribution is -2.18. The van der Waals surface area contributed by atoms with Crippen LogP contribution in [-0.4, -0.2) is 22.5 Å². The van der Waals surface area contributed by atoms with Crippen LogP contribution in [0.15, 0.2) is 30.5 Å². The van der Waals surface area contributed by atoms with Gasteiger partial charge in [-0.1, -0.05) is 12.1 Å². The molecule has 3 rings (SSSR count). The second kappa shape index (κ2) is 4.45. The Morgan fingerprint density at radius 2 is 2.29 bits per heavy atom. The third-order valence-corrected chi connectivity index (χ3v) is 4.25. The van der Waals surface area contributed by atoms with E-state index in [9.17, 15) is 0 Å². The van der Waals surface area contributed by atoms with Crippen LogP contribution in [0.4, 0.5) is 11.4 Å². The van der Waals surface area contributed by atoms with Gasteiger partial charge in [-0.3, -0.25) is 4.98 Å². The summed E-state index contributed by atoms with van der Waals surface area (Å²) < 4.78 is 0. The van der Waals surface area contributed by atoms with Gasteiger partial charge < -0.3 is 11.1 Å². The summed E-state index contributed by atoms with van der Waals surface area (Å²) in [5.74, 6) is 2.44. The summed E-state index contributed by atoms with van der Waals surface area (Å²) in [5, 5.41) is 4.71. The minimum absolute atomic E-state index is 0.576. The number of hydrogen-bond acceptors (Lipinski definition) is 4. The lowest BCUT2D eigenvalue weighted by molar-refractivity contribution is 0.814. The topological polar surface area (TPSA) is 50.9 Å². The Morgan fingerprint density at radius 3 is 3.12 bits per heavy atom. The van der Waals surface area contributed by atoms with Crippen LogP contribution in [0.2, 0.25) is 0 Å². The maximum atomic E-state index is 5.94. The monoisotopic (exact) mass is 245 g/mol. The van der Waals surface area contributed by atoms with Gasteiger partial charge in [-0.15, -0.1) is 0 Å². The van der Waals surface area contributed by atoms with Crippen LogP contribution in [0, 0.1) is 0 Å². The van der Waals surface area contributed by atoms with Crippen molar-refractivity contribution in [2.45, 2.75) is 12.5 Å². The largest absolute Gasteiger partial charge is 0.397 e. The first-order valence-electron chi connectivity index (χ1n) is 5.82. The molecule has 1 aliphatic rings. The van der Waals surface area contributed by atoms with Crippen molar-refractivity contribution in [3.05, 3.63) is 30.5 Å². The van der Waals surface area contributed by atoms with Crippen molar-refractivity contribution >= 4 is 34.0 Å². The number of benzene rings is 1. The molecule has 1 aliphatic heterocycles. The minimum atomic E-state index is 0.576. The van der Waals surface area contributed by atoms with E-state index in [0.717, 1.165) is 22.3 Å². The Labute approximate surface area is 105 Å². The van der Waals surface area contributed by atoms with E-state index >= 15 is 0 Å². The van der Waals surface area contributed by atoms with E-state index in [1.165, 1.54) is 17.9 Å². The highest BCUT2D eigenvalue weighted by Crippen LogP contribution is 2.28. The van der Waals surface area contributed by atoms with Crippen LogP contribution in [0.1, 0.15) is 6.42 Å². The van der Waals surface area contributed by atoms with Crippen LogP contribution < -0.4 is 11.1 Å². The first-order chi connectivity index (χ1) is 8.34. The molecule has 4 heteroatoms. The fraction of sp³-hybridized carbons (Fsp3) is 0.308. The molecule has 1 aromatic heterocycles. The summed E-state index contributed by atoms with van der Waals surface area (Å²) in [6.45, 7) is 0. The van der Waals surface area contributed by atoms with Gasteiger partial charge in [0.1, 0.15) is 0 Å². The van der Waals surface area contributed by atoms with Gasteiger partial charge >= 0.3 is 0 Å². The Morgan fingerprint density at radius 1 is 1.35 bits per heavy atom. The average molecular weight is 245 g/mol. The molecular formula is C13H15N3S. The van der Waals surface area contributed by atoms with Gasteiger partial charge in [-0.2, -0.15) is 11.8 Å². The number of nitrogen functional groups attached to an aromatic ring is 1. The number of nitrogens with zero attached hydrogens (tertiary/aromatic N) is 1. The van der Waals surface area contributed by atoms with Crippen molar-refractivity contribution in [2.75, 3.05) is 22.6 Å². The molecule has 0 radical (unpaired) electrons. The highest BCUT2D eigenvalue weighted by Gasteiger charge is 2.16. The summed E-state index contributed by atoms with van der Waals surface area (Å²) in [6.07, 6.45) is 3.06. The molecule has 17 heavy (non-hydrogen) atoms. The van der Waals surface area contributed by atoms with Crippen LogP contribution in [0.3, 0.4) is 0 Å². The maximum Gasteiger partial charge on any atom is 0.0951 e. The van der Waals surface area contributed by atoms with E-state index in [1.54, 1.807) is 0 Å². The van der Waals surface area contributed by atoms with Gasteiger partial charge in [0.25, 0.3) is 0 Å². The molecule has 0 amide bonds. The summed E-state index contributed by atoms with van der Waals surface area (Å²) in [7, 11) is 0. The maximum absolute atomic E-state index is 5.94. The van der Waals surface area contributed by atoms with Crippen LogP contribution in [-0.2, 0) is 0 Å². The van der Waals surface area contributed by atoms with Gasteiger partial charge in [0.15, 0.2) is 0 Å². The smallest absolute Gasteiger partial charge is 0.0951 e. The predicted molar refractivity (Wildman–Crippen MR) is 75.5 cm³/mol. The number of anilines is 2. The van der Waals surface area contributed by atoms with Crippen LogP contribution in [0.25, 0.3) is 10.9 Å². The molecule has 1 atom stereocenters. The number of para-hydroxylation sites is 1. The van der Waals surface area contributed by atoms with Crippen molar-refractivity contribution in [3.8, 4) is 0 Å². The summed E-state index contributed by atoms with van der Waals surface area (Å²) in [4.78, 5) is 4.35. The molecule has 0 bridgehead atoms. The Hall–Kier alpha value is -1.42. The summed E-state index contributed by atoms with van der Waals surface area (Å²) in [5.41, 5.74) is 8.72. The van der Waals surface area contributed by atoms with Crippen molar-refractivity contribution in [3.63, 3.8) is 0 Å². The normalized spacial score (nSPS) is 19.6. The van der Waals surface area contributed by atoms with E-state index in [1.807, 2.05) is 36.2 Å². The van der Waals surface area contributed by atoms with Crippen molar-refractivity contribution in [2.24, 2.45) is 0 Å². The zero-order valence-electron chi connectivity index (χ0n) is 9.52. The molecule has 1 unspecified atom stereocenters. The zero-order chi connectivity index (χ0) is 11.7. The predicted octanol–water partition coefficient (Wildman–Crippen LogP) is 2.73. The zero-order valence-corrected chi connectivity index (χ0v) is 10.3. The van der Waals surface area contributed by atoms with E-state index < -0.39 is 0 Å². The van der Waals surface area contributed by atoms with Crippen molar-refractivity contribution in [1.29, 1.82) is 0 Å². The highest BCUT2D eigenvalue weighted by molar-refractivity contribution is 7.99.